The molecular weight excluding hydrogens is 669 g/mol. The molecule has 0 atom stereocenters. The van der Waals surface area contributed by atoms with Gasteiger partial charge in [-0.2, -0.15) is 0 Å². The molecule has 0 heterocycles. The second-order valence-corrected chi connectivity index (χ2v) is 13.7. The fraction of sp³-hybridized carbons (Fsp3) is 0.0980. The molecule has 0 aliphatic carbocycles. The van der Waals surface area contributed by atoms with Gasteiger partial charge in [0, 0.05) is 16.8 Å². The number of nitrogens with zero attached hydrogens (tertiary/aromatic N) is 4. The molecule has 7 rings (SSSR count). The highest BCUT2D eigenvalue weighted by Gasteiger charge is 2.40. The minimum absolute atomic E-state index is 0.448. The van der Waals surface area contributed by atoms with E-state index < -0.39 is 5.41 Å². The Morgan fingerprint density at radius 3 is 1.67 bits per heavy atom. The zero-order chi connectivity index (χ0) is 38.0. The smallest absolute Gasteiger partial charge is 0.161 e. The summed E-state index contributed by atoms with van der Waals surface area (Å²) in [7, 11) is 0. The van der Waals surface area contributed by atoms with Gasteiger partial charge in [-0.15, -0.1) is 0 Å². The summed E-state index contributed by atoms with van der Waals surface area (Å²) in [5.41, 5.74) is 12.3. The molecule has 0 aliphatic heterocycles. The molecule has 7 aromatic carbocycles. The average Bonchev–Trinajstić information content (AvgIpc) is 3.24. The van der Waals surface area contributed by atoms with E-state index in [0.717, 1.165) is 44.8 Å². The van der Waals surface area contributed by atoms with Crippen LogP contribution in [0.4, 0.5) is 5.69 Å². The number of hydrogen-bond donors (Lipinski definition) is 0. The molecule has 4 nitrogen and oxygen atoms in total. The molecule has 4 heteroatoms. The van der Waals surface area contributed by atoms with Gasteiger partial charge in [-0.25, -0.2) is 9.98 Å². The Morgan fingerprint density at radius 2 is 1.07 bits per heavy atom. The lowest BCUT2D eigenvalue weighted by Gasteiger charge is -2.37. The molecule has 0 radical (unpaired) electrons. The van der Waals surface area contributed by atoms with Crippen LogP contribution in [0.25, 0.3) is 11.1 Å². The van der Waals surface area contributed by atoms with E-state index in [1.54, 1.807) is 0 Å². The molecule has 0 saturated carbocycles. The first-order valence-corrected chi connectivity index (χ1v) is 18.6. The van der Waals surface area contributed by atoms with Crippen LogP contribution in [0.15, 0.2) is 208 Å². The average molecular weight is 713 g/mol. The van der Waals surface area contributed by atoms with Crippen LogP contribution in [-0.2, 0) is 12.0 Å². The predicted octanol–water partition coefficient (Wildman–Crippen LogP) is 12.2. The van der Waals surface area contributed by atoms with E-state index in [1.165, 1.54) is 22.3 Å². The van der Waals surface area contributed by atoms with Crippen LogP contribution in [0, 0.1) is 13.8 Å². The fourth-order valence-corrected chi connectivity index (χ4v) is 7.31. The van der Waals surface area contributed by atoms with Crippen molar-refractivity contribution in [1.82, 2.24) is 0 Å². The van der Waals surface area contributed by atoms with E-state index in [1.807, 2.05) is 60.7 Å². The van der Waals surface area contributed by atoms with Gasteiger partial charge < -0.3 is 0 Å². The lowest BCUT2D eigenvalue weighted by molar-refractivity contribution is 0.813. The van der Waals surface area contributed by atoms with Gasteiger partial charge in [0.05, 0.1) is 17.6 Å². The van der Waals surface area contributed by atoms with E-state index in [4.69, 9.17) is 15.0 Å². The number of rotatable bonds is 10. The third kappa shape index (κ3) is 7.95. The predicted molar refractivity (Wildman–Crippen MR) is 233 cm³/mol. The quantitative estimate of drug-likeness (QED) is 0.0770. The van der Waals surface area contributed by atoms with Crippen molar-refractivity contribution >= 4 is 29.8 Å². The van der Waals surface area contributed by atoms with Crippen LogP contribution in [0.1, 0.15) is 51.4 Å². The zero-order valence-electron chi connectivity index (χ0n) is 31.6. The largest absolute Gasteiger partial charge is 0.261 e. The summed E-state index contributed by atoms with van der Waals surface area (Å²) in [5.74, 6) is 1.14. The lowest BCUT2D eigenvalue weighted by Crippen LogP contribution is -2.37. The Hall–Kier alpha value is -6.78. The summed E-state index contributed by atoms with van der Waals surface area (Å²) >= 11 is 0. The van der Waals surface area contributed by atoms with Crippen molar-refractivity contribution in [2.45, 2.75) is 32.7 Å². The third-order valence-electron chi connectivity index (χ3n) is 10.1. The molecule has 0 unspecified atom stereocenters. The Kier molecular flexibility index (Phi) is 11.2. The number of aryl methyl sites for hydroxylation is 2. The van der Waals surface area contributed by atoms with E-state index in [-0.39, 0.29) is 0 Å². The van der Waals surface area contributed by atoms with Crippen LogP contribution in [0.5, 0.6) is 0 Å². The van der Waals surface area contributed by atoms with Crippen LogP contribution in [-0.4, -0.2) is 24.1 Å². The molecule has 0 spiro atoms. The van der Waals surface area contributed by atoms with Crippen LogP contribution in [0.3, 0.4) is 0 Å². The van der Waals surface area contributed by atoms with Gasteiger partial charge in [0.1, 0.15) is 0 Å². The number of aliphatic imine (C=N–C) groups is 4. The van der Waals surface area contributed by atoms with Crippen molar-refractivity contribution in [2.75, 3.05) is 0 Å². The third-order valence-corrected chi connectivity index (χ3v) is 10.1. The zero-order valence-corrected chi connectivity index (χ0v) is 31.6. The SMILES string of the molecule is C=NC(=NC(=NCc1cccc(-c2ccc(C)c(N=C(C)C(c3ccccc3)(c3ccccc3)c3ccccc3C)c2)c1)c1ccccc1)c1ccccc1. The molecule has 0 amide bonds. The molecule has 7 aromatic rings. The van der Waals surface area contributed by atoms with Gasteiger partial charge in [0.15, 0.2) is 11.7 Å². The maximum Gasteiger partial charge on any atom is 0.161 e. The van der Waals surface area contributed by atoms with E-state index >= 15 is 0 Å². The second-order valence-electron chi connectivity index (χ2n) is 13.7. The first-order valence-electron chi connectivity index (χ1n) is 18.6. The Bertz CT molecular complexity index is 2440. The van der Waals surface area contributed by atoms with Crippen molar-refractivity contribution in [2.24, 2.45) is 20.0 Å². The molecule has 55 heavy (non-hydrogen) atoms. The minimum Gasteiger partial charge on any atom is -0.261 e. The molecule has 0 fully saturated rings. The Labute approximate surface area is 325 Å². The minimum atomic E-state index is -0.603. The van der Waals surface area contributed by atoms with Gasteiger partial charge in [-0.3, -0.25) is 9.98 Å². The van der Waals surface area contributed by atoms with E-state index in [2.05, 4.69) is 160 Å². The van der Waals surface area contributed by atoms with Crippen molar-refractivity contribution in [1.29, 1.82) is 0 Å². The molecular formula is C51H44N4. The van der Waals surface area contributed by atoms with Gasteiger partial charge >= 0.3 is 0 Å². The molecule has 268 valence electrons. The van der Waals surface area contributed by atoms with E-state index in [0.29, 0.717) is 18.2 Å². The maximum absolute atomic E-state index is 5.53. The van der Waals surface area contributed by atoms with Gasteiger partial charge in [-0.1, -0.05) is 176 Å². The monoisotopic (exact) mass is 712 g/mol. The van der Waals surface area contributed by atoms with Crippen molar-refractivity contribution in [3.63, 3.8) is 0 Å². The highest BCUT2D eigenvalue weighted by Crippen LogP contribution is 2.43. The first-order chi connectivity index (χ1) is 27.0. The topological polar surface area (TPSA) is 49.4 Å². The van der Waals surface area contributed by atoms with E-state index in [9.17, 15) is 0 Å². The lowest BCUT2D eigenvalue weighted by atomic mass is 9.65. The molecule has 0 N–H and O–H groups in total. The molecule has 0 aromatic heterocycles. The van der Waals surface area contributed by atoms with Crippen molar-refractivity contribution in [3.05, 3.63) is 233 Å². The highest BCUT2D eigenvalue weighted by atomic mass is 15.0. The van der Waals surface area contributed by atoms with Crippen LogP contribution in [0.2, 0.25) is 0 Å². The van der Waals surface area contributed by atoms with Crippen LogP contribution >= 0.6 is 0 Å². The summed E-state index contributed by atoms with van der Waals surface area (Å²) < 4.78 is 0. The Morgan fingerprint density at radius 1 is 0.527 bits per heavy atom. The highest BCUT2D eigenvalue weighted by molar-refractivity contribution is 6.12. The maximum atomic E-state index is 5.53. The Balaban J connectivity index is 1.28. The van der Waals surface area contributed by atoms with Crippen molar-refractivity contribution in [3.8, 4) is 11.1 Å². The summed E-state index contributed by atoms with van der Waals surface area (Å²) in [6, 6.07) is 65.2. The first kappa shape index (κ1) is 36.6. The summed E-state index contributed by atoms with van der Waals surface area (Å²) in [5, 5.41) is 0. The fourth-order valence-electron chi connectivity index (χ4n) is 7.31. The second kappa shape index (κ2) is 16.9. The van der Waals surface area contributed by atoms with Gasteiger partial charge in [-0.05, 0) is 84.1 Å². The number of benzene rings is 7. The van der Waals surface area contributed by atoms with Gasteiger partial charge in [0.25, 0.3) is 0 Å². The molecule has 0 bridgehead atoms. The van der Waals surface area contributed by atoms with Gasteiger partial charge in [0.2, 0.25) is 0 Å². The molecule has 0 saturated heterocycles. The molecule has 0 aliphatic rings. The summed E-state index contributed by atoms with van der Waals surface area (Å²) in [6.07, 6.45) is 0. The summed E-state index contributed by atoms with van der Waals surface area (Å²) in [4.78, 5) is 19.7. The summed E-state index contributed by atoms with van der Waals surface area (Å²) in [6.45, 7) is 10.7. The standard InChI is InChI=1S/C51H44N4/c1-37-20-17-18-31-47(37)51(45-27-13-7-14-28-45,46-29-15-8-16-30-46)39(3)54-48-35-44(33-32-38(48)2)43-26-19-21-40(34-43)36-53-50(42-24-11-6-12-25-42)55-49(52-4)41-22-9-5-10-23-41/h5-35H,4,36H2,1-3H3. The number of amidine groups is 2. The number of hydrogen-bond acceptors (Lipinski definition) is 2. The normalized spacial score (nSPS) is 12.4. The van der Waals surface area contributed by atoms with Crippen molar-refractivity contribution < 1.29 is 0 Å². The van der Waals surface area contributed by atoms with Crippen LogP contribution < -0.4 is 0 Å².